The van der Waals surface area contributed by atoms with E-state index in [1.165, 1.54) is 17.7 Å². The third kappa shape index (κ3) is 3.69. The molecule has 1 atom stereocenters. The number of guanidine groups is 1. The van der Waals surface area contributed by atoms with Crippen LogP contribution in [0.1, 0.15) is 35.3 Å². The minimum Gasteiger partial charge on any atom is -0.350 e. The summed E-state index contributed by atoms with van der Waals surface area (Å²) in [5.74, 6) is 1.77. The highest BCUT2D eigenvalue weighted by molar-refractivity contribution is 7.11. The Bertz CT molecular complexity index is 433. The van der Waals surface area contributed by atoms with E-state index in [0.717, 1.165) is 42.2 Å². The van der Waals surface area contributed by atoms with Gasteiger partial charge in [0.25, 0.3) is 0 Å². The highest BCUT2D eigenvalue weighted by atomic mass is 32.1. The van der Waals surface area contributed by atoms with Crippen LogP contribution in [0.25, 0.3) is 0 Å². The van der Waals surface area contributed by atoms with Crippen molar-refractivity contribution in [2.45, 2.75) is 40.2 Å². The standard InChI is InChI=1S/C14H24N4S/c1-10-6-5-7-18(9-10)14(15-4)16-8-13-17-11(2)12(3)19-13/h10H,5-9H2,1-4H3,(H,15,16). The summed E-state index contributed by atoms with van der Waals surface area (Å²) in [6.07, 6.45) is 2.59. The minimum atomic E-state index is 0.761. The molecule has 106 valence electrons. The van der Waals surface area contributed by atoms with Gasteiger partial charge in [0, 0.05) is 25.0 Å². The molecule has 1 aliphatic heterocycles. The molecule has 2 rings (SSSR count). The van der Waals surface area contributed by atoms with E-state index < -0.39 is 0 Å². The summed E-state index contributed by atoms with van der Waals surface area (Å²) >= 11 is 1.77. The van der Waals surface area contributed by atoms with Gasteiger partial charge in [-0.15, -0.1) is 11.3 Å². The third-order valence-electron chi connectivity index (χ3n) is 3.64. The molecule has 19 heavy (non-hydrogen) atoms. The predicted molar refractivity (Wildman–Crippen MR) is 81.8 cm³/mol. The first-order chi connectivity index (χ1) is 9.10. The van der Waals surface area contributed by atoms with Gasteiger partial charge in [0.1, 0.15) is 5.01 Å². The number of hydrogen-bond donors (Lipinski definition) is 1. The zero-order chi connectivity index (χ0) is 13.8. The Morgan fingerprint density at radius 3 is 2.89 bits per heavy atom. The van der Waals surface area contributed by atoms with Crippen LogP contribution in [0.15, 0.2) is 4.99 Å². The maximum atomic E-state index is 4.56. The van der Waals surface area contributed by atoms with Crippen molar-refractivity contribution in [2.24, 2.45) is 10.9 Å². The quantitative estimate of drug-likeness (QED) is 0.668. The van der Waals surface area contributed by atoms with Crippen LogP contribution in [-0.2, 0) is 6.54 Å². The number of likely N-dealkylation sites (tertiary alicyclic amines) is 1. The van der Waals surface area contributed by atoms with Gasteiger partial charge in [-0.2, -0.15) is 0 Å². The van der Waals surface area contributed by atoms with Gasteiger partial charge >= 0.3 is 0 Å². The highest BCUT2D eigenvalue weighted by Gasteiger charge is 2.19. The van der Waals surface area contributed by atoms with Crippen LogP contribution in [0.4, 0.5) is 0 Å². The van der Waals surface area contributed by atoms with E-state index in [0.29, 0.717) is 0 Å². The van der Waals surface area contributed by atoms with Crippen molar-refractivity contribution in [1.82, 2.24) is 15.2 Å². The van der Waals surface area contributed by atoms with Crippen LogP contribution in [0.3, 0.4) is 0 Å². The number of thiazole rings is 1. The fourth-order valence-electron chi connectivity index (χ4n) is 2.48. The second-order valence-electron chi connectivity index (χ2n) is 5.34. The second kappa shape index (κ2) is 6.37. The van der Waals surface area contributed by atoms with Gasteiger partial charge in [-0.05, 0) is 32.6 Å². The Balaban J connectivity index is 1.92. The molecule has 1 aromatic rings. The van der Waals surface area contributed by atoms with Crippen LogP contribution in [0.2, 0.25) is 0 Å². The number of aryl methyl sites for hydroxylation is 2. The predicted octanol–water partition coefficient (Wildman–Crippen LogP) is 2.57. The average molecular weight is 280 g/mol. The molecule has 1 aromatic heterocycles. The Morgan fingerprint density at radius 2 is 2.32 bits per heavy atom. The largest absolute Gasteiger partial charge is 0.350 e. The number of aliphatic imine (C=N–C) groups is 1. The summed E-state index contributed by atoms with van der Waals surface area (Å²) in [5, 5.41) is 4.58. The topological polar surface area (TPSA) is 40.5 Å². The summed E-state index contributed by atoms with van der Waals surface area (Å²) in [5.41, 5.74) is 1.14. The lowest BCUT2D eigenvalue weighted by Crippen LogP contribution is -2.45. The third-order valence-corrected chi connectivity index (χ3v) is 4.71. The number of rotatable bonds is 2. The lowest BCUT2D eigenvalue weighted by molar-refractivity contribution is 0.266. The molecule has 2 heterocycles. The summed E-state index contributed by atoms with van der Waals surface area (Å²) in [6.45, 7) is 9.49. The molecule has 0 amide bonds. The van der Waals surface area contributed by atoms with Gasteiger partial charge in [-0.1, -0.05) is 6.92 Å². The molecule has 0 aliphatic carbocycles. The van der Waals surface area contributed by atoms with Crippen LogP contribution >= 0.6 is 11.3 Å². The van der Waals surface area contributed by atoms with Crippen molar-refractivity contribution in [1.29, 1.82) is 0 Å². The van der Waals surface area contributed by atoms with Crippen LogP contribution in [0, 0.1) is 19.8 Å². The van der Waals surface area contributed by atoms with Crippen molar-refractivity contribution in [3.05, 3.63) is 15.6 Å². The number of nitrogens with one attached hydrogen (secondary N) is 1. The first-order valence-electron chi connectivity index (χ1n) is 6.98. The molecule has 0 saturated carbocycles. The van der Waals surface area contributed by atoms with Crippen molar-refractivity contribution in [3.8, 4) is 0 Å². The van der Waals surface area contributed by atoms with Crippen molar-refractivity contribution >= 4 is 17.3 Å². The van der Waals surface area contributed by atoms with E-state index in [4.69, 9.17) is 0 Å². The number of piperidine rings is 1. The van der Waals surface area contributed by atoms with E-state index in [1.807, 2.05) is 7.05 Å². The molecule has 4 nitrogen and oxygen atoms in total. The fourth-order valence-corrected chi connectivity index (χ4v) is 3.36. The molecule has 1 aliphatic rings. The smallest absolute Gasteiger partial charge is 0.194 e. The summed E-state index contributed by atoms with van der Waals surface area (Å²) in [6, 6.07) is 0. The molecule has 0 spiro atoms. The lowest BCUT2D eigenvalue weighted by Gasteiger charge is -2.33. The van der Waals surface area contributed by atoms with Crippen LogP contribution in [-0.4, -0.2) is 36.0 Å². The maximum absolute atomic E-state index is 4.56. The molecule has 0 aromatic carbocycles. The first kappa shape index (κ1) is 14.3. The summed E-state index contributed by atoms with van der Waals surface area (Å²) < 4.78 is 0. The Labute approximate surface area is 120 Å². The minimum absolute atomic E-state index is 0.761. The molecule has 0 radical (unpaired) electrons. The molecule has 1 unspecified atom stereocenters. The van der Waals surface area contributed by atoms with Crippen molar-refractivity contribution in [3.63, 3.8) is 0 Å². The first-order valence-corrected chi connectivity index (χ1v) is 7.80. The highest BCUT2D eigenvalue weighted by Crippen LogP contribution is 2.17. The maximum Gasteiger partial charge on any atom is 0.194 e. The van der Waals surface area contributed by atoms with Crippen LogP contribution in [0.5, 0.6) is 0 Å². The van der Waals surface area contributed by atoms with Gasteiger partial charge in [0.15, 0.2) is 5.96 Å². The van der Waals surface area contributed by atoms with E-state index >= 15 is 0 Å². The number of hydrogen-bond acceptors (Lipinski definition) is 3. The molecule has 1 N–H and O–H groups in total. The molecule has 0 bridgehead atoms. The van der Waals surface area contributed by atoms with E-state index in [-0.39, 0.29) is 0 Å². The fraction of sp³-hybridized carbons (Fsp3) is 0.714. The van der Waals surface area contributed by atoms with E-state index in [9.17, 15) is 0 Å². The second-order valence-corrected chi connectivity index (χ2v) is 6.63. The Hall–Kier alpha value is -1.10. The van der Waals surface area contributed by atoms with Gasteiger partial charge in [-0.3, -0.25) is 4.99 Å². The van der Waals surface area contributed by atoms with Gasteiger partial charge in [0.2, 0.25) is 0 Å². The normalized spacial score (nSPS) is 20.7. The number of nitrogens with zero attached hydrogens (tertiary/aromatic N) is 3. The number of aromatic nitrogens is 1. The van der Waals surface area contributed by atoms with E-state index in [1.54, 1.807) is 11.3 Å². The Kier molecular flexibility index (Phi) is 4.80. The molecule has 1 fully saturated rings. The average Bonchev–Trinajstić information content (AvgIpc) is 2.70. The molecule has 5 heteroatoms. The van der Waals surface area contributed by atoms with Crippen LogP contribution < -0.4 is 5.32 Å². The molecular formula is C14H24N4S. The summed E-state index contributed by atoms with van der Waals surface area (Å²) in [4.78, 5) is 12.6. The lowest BCUT2D eigenvalue weighted by atomic mass is 10.0. The van der Waals surface area contributed by atoms with Gasteiger partial charge in [-0.25, -0.2) is 4.98 Å². The SMILES string of the molecule is CN=C(NCc1nc(C)c(C)s1)N1CCCC(C)C1. The molecular weight excluding hydrogens is 256 g/mol. The zero-order valence-electron chi connectivity index (χ0n) is 12.4. The van der Waals surface area contributed by atoms with Gasteiger partial charge < -0.3 is 10.2 Å². The van der Waals surface area contributed by atoms with E-state index in [2.05, 4.69) is 41.0 Å². The van der Waals surface area contributed by atoms with Crippen molar-refractivity contribution in [2.75, 3.05) is 20.1 Å². The Morgan fingerprint density at radius 1 is 1.53 bits per heavy atom. The monoisotopic (exact) mass is 280 g/mol. The molecule has 1 saturated heterocycles. The zero-order valence-corrected chi connectivity index (χ0v) is 13.2. The van der Waals surface area contributed by atoms with Gasteiger partial charge in [0.05, 0.1) is 12.2 Å². The van der Waals surface area contributed by atoms with Crippen molar-refractivity contribution < 1.29 is 0 Å². The summed E-state index contributed by atoms with van der Waals surface area (Å²) in [7, 11) is 1.86.